The topological polar surface area (TPSA) is 59.8 Å². The molecule has 0 spiro atoms. The van der Waals surface area contributed by atoms with Crippen LogP contribution >= 0.6 is 0 Å². The predicted octanol–water partition coefficient (Wildman–Crippen LogP) is 3.55. The monoisotopic (exact) mass is 326 g/mol. The van der Waals surface area contributed by atoms with Crippen molar-refractivity contribution in [2.24, 2.45) is 0 Å². The third kappa shape index (κ3) is 3.59. The molecule has 3 aromatic rings. The number of aromatic nitrogens is 3. The van der Waals surface area contributed by atoms with Gasteiger partial charge < -0.3 is 9.88 Å². The van der Waals surface area contributed by atoms with Gasteiger partial charge in [-0.3, -0.25) is 4.79 Å². The summed E-state index contributed by atoms with van der Waals surface area (Å²) in [7, 11) is 0. The van der Waals surface area contributed by atoms with Crippen molar-refractivity contribution in [3.8, 4) is 0 Å². The molecule has 124 valence electrons. The molecule has 0 saturated heterocycles. The van der Waals surface area contributed by atoms with Crippen LogP contribution in [-0.2, 0) is 17.8 Å². The van der Waals surface area contributed by atoms with E-state index in [0.29, 0.717) is 12.1 Å². The van der Waals surface area contributed by atoms with E-state index < -0.39 is 0 Å². The number of nitrogens with one attached hydrogen (secondary N) is 1. The summed E-state index contributed by atoms with van der Waals surface area (Å²) in [5.41, 5.74) is 2.15. The van der Waals surface area contributed by atoms with Crippen LogP contribution in [0.1, 0.15) is 25.6 Å². The number of fused-ring (bicyclic) bond motifs is 1. The number of anilines is 1. The summed E-state index contributed by atoms with van der Waals surface area (Å²) in [5.74, 6) is 0.312. The SMILES string of the molecule is CCCn1c(CCC(=O)Nc2cccc(F)c2)nc2cccnc21. The van der Waals surface area contributed by atoms with Gasteiger partial charge in [0.15, 0.2) is 5.65 Å². The normalized spacial score (nSPS) is 10.9. The lowest BCUT2D eigenvalue weighted by atomic mass is 10.2. The fourth-order valence-electron chi connectivity index (χ4n) is 2.67. The van der Waals surface area contributed by atoms with Crippen molar-refractivity contribution >= 4 is 22.8 Å². The van der Waals surface area contributed by atoms with Gasteiger partial charge in [0.25, 0.3) is 0 Å². The smallest absolute Gasteiger partial charge is 0.224 e. The van der Waals surface area contributed by atoms with Crippen molar-refractivity contribution in [1.29, 1.82) is 0 Å². The van der Waals surface area contributed by atoms with E-state index in [0.717, 1.165) is 30.0 Å². The van der Waals surface area contributed by atoms with Gasteiger partial charge in [-0.15, -0.1) is 0 Å². The van der Waals surface area contributed by atoms with Crippen LogP contribution in [0.2, 0.25) is 0 Å². The second-order valence-corrected chi connectivity index (χ2v) is 5.58. The summed E-state index contributed by atoms with van der Waals surface area (Å²) < 4.78 is 15.2. The predicted molar refractivity (Wildman–Crippen MR) is 91.2 cm³/mol. The highest BCUT2D eigenvalue weighted by atomic mass is 19.1. The molecule has 2 aromatic heterocycles. The van der Waals surface area contributed by atoms with Gasteiger partial charge in [-0.2, -0.15) is 0 Å². The van der Waals surface area contributed by atoms with Crippen LogP contribution in [0.25, 0.3) is 11.2 Å². The first-order valence-electron chi connectivity index (χ1n) is 8.03. The van der Waals surface area contributed by atoms with Gasteiger partial charge in [-0.1, -0.05) is 13.0 Å². The molecule has 0 bridgehead atoms. The zero-order valence-electron chi connectivity index (χ0n) is 13.5. The van der Waals surface area contributed by atoms with E-state index in [-0.39, 0.29) is 18.1 Å². The number of nitrogens with zero attached hydrogens (tertiary/aromatic N) is 3. The molecule has 6 heteroatoms. The van der Waals surface area contributed by atoms with Gasteiger partial charge in [0.2, 0.25) is 5.91 Å². The van der Waals surface area contributed by atoms with E-state index in [2.05, 4.69) is 26.8 Å². The lowest BCUT2D eigenvalue weighted by Gasteiger charge is -2.08. The molecule has 0 saturated carbocycles. The maximum Gasteiger partial charge on any atom is 0.224 e. The van der Waals surface area contributed by atoms with Crippen molar-refractivity contribution in [1.82, 2.24) is 14.5 Å². The van der Waals surface area contributed by atoms with Gasteiger partial charge in [-0.05, 0) is 36.8 Å². The van der Waals surface area contributed by atoms with Crippen LogP contribution in [0.4, 0.5) is 10.1 Å². The van der Waals surface area contributed by atoms with Crippen LogP contribution < -0.4 is 5.32 Å². The molecule has 0 aliphatic rings. The minimum atomic E-state index is -0.372. The summed E-state index contributed by atoms with van der Waals surface area (Å²) in [4.78, 5) is 21.1. The Hall–Kier alpha value is -2.76. The number of pyridine rings is 1. The molecule has 1 N–H and O–H groups in total. The van der Waals surface area contributed by atoms with Crippen LogP contribution in [0.5, 0.6) is 0 Å². The number of rotatable bonds is 6. The zero-order chi connectivity index (χ0) is 16.9. The first-order chi connectivity index (χ1) is 11.7. The highest BCUT2D eigenvalue weighted by molar-refractivity contribution is 5.90. The second kappa shape index (κ2) is 7.21. The molecular weight excluding hydrogens is 307 g/mol. The fraction of sp³-hybridized carbons (Fsp3) is 0.278. The van der Waals surface area contributed by atoms with E-state index in [9.17, 15) is 9.18 Å². The van der Waals surface area contributed by atoms with Crippen molar-refractivity contribution < 1.29 is 9.18 Å². The number of imidazole rings is 1. The molecule has 0 fully saturated rings. The molecule has 0 radical (unpaired) electrons. The molecule has 24 heavy (non-hydrogen) atoms. The first-order valence-corrected chi connectivity index (χ1v) is 8.03. The molecule has 3 rings (SSSR count). The van der Waals surface area contributed by atoms with Crippen molar-refractivity contribution in [3.05, 3.63) is 54.2 Å². The van der Waals surface area contributed by atoms with E-state index in [4.69, 9.17) is 0 Å². The molecule has 2 heterocycles. The van der Waals surface area contributed by atoms with E-state index >= 15 is 0 Å². The number of aryl methyl sites for hydroxylation is 2. The van der Waals surface area contributed by atoms with Gasteiger partial charge in [0.05, 0.1) is 0 Å². The Morgan fingerprint density at radius 1 is 1.29 bits per heavy atom. The Labute approximate surface area is 139 Å². The van der Waals surface area contributed by atoms with E-state index in [1.807, 2.05) is 12.1 Å². The average Bonchev–Trinajstić information content (AvgIpc) is 2.91. The lowest BCUT2D eigenvalue weighted by Crippen LogP contribution is -2.14. The number of hydrogen-bond acceptors (Lipinski definition) is 3. The molecular formula is C18H19FN4O. The number of benzene rings is 1. The summed E-state index contributed by atoms with van der Waals surface area (Å²) in [6, 6.07) is 9.65. The molecule has 0 aliphatic carbocycles. The van der Waals surface area contributed by atoms with Crippen LogP contribution in [0, 0.1) is 5.82 Å². The van der Waals surface area contributed by atoms with Crippen LogP contribution in [-0.4, -0.2) is 20.4 Å². The number of amides is 1. The van der Waals surface area contributed by atoms with Crippen LogP contribution in [0.15, 0.2) is 42.6 Å². The first kappa shape index (κ1) is 16.1. The van der Waals surface area contributed by atoms with Gasteiger partial charge in [0, 0.05) is 31.3 Å². The van der Waals surface area contributed by atoms with Crippen LogP contribution in [0.3, 0.4) is 0 Å². The van der Waals surface area contributed by atoms with Crippen molar-refractivity contribution in [2.75, 3.05) is 5.32 Å². The van der Waals surface area contributed by atoms with Crippen molar-refractivity contribution in [3.63, 3.8) is 0 Å². The molecule has 5 nitrogen and oxygen atoms in total. The van der Waals surface area contributed by atoms with Crippen molar-refractivity contribution in [2.45, 2.75) is 32.7 Å². The number of carbonyl (C=O) groups excluding carboxylic acids is 1. The summed E-state index contributed by atoms with van der Waals surface area (Å²) in [6.45, 7) is 2.91. The molecule has 0 aliphatic heterocycles. The fourth-order valence-corrected chi connectivity index (χ4v) is 2.67. The maximum atomic E-state index is 13.2. The number of halogens is 1. The molecule has 0 unspecified atom stereocenters. The summed E-state index contributed by atoms with van der Waals surface area (Å²) in [6.07, 6.45) is 3.50. The molecule has 0 atom stereocenters. The molecule has 1 amide bonds. The molecule has 1 aromatic carbocycles. The van der Waals surface area contributed by atoms with E-state index in [1.165, 1.54) is 12.1 Å². The Morgan fingerprint density at radius 3 is 2.96 bits per heavy atom. The highest BCUT2D eigenvalue weighted by Crippen LogP contribution is 2.16. The Bertz CT molecular complexity index is 859. The standard InChI is InChI=1S/C18H19FN4O/c1-2-11-23-16(22-15-7-4-10-20-18(15)23)8-9-17(24)21-14-6-3-5-13(19)12-14/h3-7,10,12H,2,8-9,11H2,1H3,(H,21,24). The lowest BCUT2D eigenvalue weighted by molar-refractivity contribution is -0.116. The summed E-state index contributed by atoms with van der Waals surface area (Å²) in [5, 5.41) is 2.71. The van der Waals surface area contributed by atoms with Gasteiger partial charge in [0.1, 0.15) is 17.2 Å². The van der Waals surface area contributed by atoms with Gasteiger partial charge >= 0.3 is 0 Å². The number of hydrogen-bond donors (Lipinski definition) is 1. The maximum absolute atomic E-state index is 13.2. The average molecular weight is 326 g/mol. The van der Waals surface area contributed by atoms with E-state index in [1.54, 1.807) is 18.3 Å². The Morgan fingerprint density at radius 2 is 2.17 bits per heavy atom. The zero-order valence-corrected chi connectivity index (χ0v) is 13.5. The summed E-state index contributed by atoms with van der Waals surface area (Å²) >= 11 is 0. The highest BCUT2D eigenvalue weighted by Gasteiger charge is 2.12. The Balaban J connectivity index is 1.70. The minimum absolute atomic E-state index is 0.163. The third-order valence-electron chi connectivity index (χ3n) is 3.71. The second-order valence-electron chi connectivity index (χ2n) is 5.58. The Kier molecular flexibility index (Phi) is 4.84. The van der Waals surface area contributed by atoms with Gasteiger partial charge in [-0.25, -0.2) is 14.4 Å². The quantitative estimate of drug-likeness (QED) is 0.753. The largest absolute Gasteiger partial charge is 0.326 e. The third-order valence-corrected chi connectivity index (χ3v) is 3.71. The minimum Gasteiger partial charge on any atom is -0.326 e. The number of carbonyl (C=O) groups is 1.